The van der Waals surface area contributed by atoms with Crippen LogP contribution in [0.25, 0.3) is 0 Å². The molecule has 0 spiro atoms. The van der Waals surface area contributed by atoms with Gasteiger partial charge in [0.1, 0.15) is 16.5 Å². The van der Waals surface area contributed by atoms with Crippen molar-refractivity contribution in [3.63, 3.8) is 0 Å². The van der Waals surface area contributed by atoms with E-state index in [2.05, 4.69) is 16.5 Å². The van der Waals surface area contributed by atoms with E-state index in [4.69, 9.17) is 33.1 Å². The van der Waals surface area contributed by atoms with Crippen molar-refractivity contribution in [1.82, 2.24) is 0 Å². The van der Waals surface area contributed by atoms with Crippen LogP contribution in [0.1, 0.15) is 18.9 Å². The van der Waals surface area contributed by atoms with E-state index in [1.165, 1.54) is 13.2 Å². The molecule has 0 aliphatic rings. The van der Waals surface area contributed by atoms with Crippen molar-refractivity contribution in [1.29, 1.82) is 0 Å². The highest BCUT2D eigenvalue weighted by Crippen LogP contribution is 2.36. The molecule has 0 amide bonds. The molecule has 5 nitrogen and oxygen atoms in total. The minimum absolute atomic E-state index is 0.114. The zero-order valence-corrected chi connectivity index (χ0v) is 13.2. The van der Waals surface area contributed by atoms with Gasteiger partial charge in [-0.25, -0.2) is 4.79 Å². The SMILES string of the molecule is C=C(CC)/C(=N\O)c1ccc(OCC(=O)OC)c(Cl)c1Cl. The number of allylic oxidation sites excluding steroid dienone is 1. The van der Waals surface area contributed by atoms with Gasteiger partial charge in [-0.15, -0.1) is 0 Å². The van der Waals surface area contributed by atoms with Gasteiger partial charge < -0.3 is 14.7 Å². The Labute approximate surface area is 132 Å². The summed E-state index contributed by atoms with van der Waals surface area (Å²) in [5.74, 6) is -0.307. The van der Waals surface area contributed by atoms with Crippen LogP contribution in [0, 0.1) is 0 Å². The highest BCUT2D eigenvalue weighted by atomic mass is 35.5. The first-order valence-corrected chi connectivity index (χ1v) is 6.80. The summed E-state index contributed by atoms with van der Waals surface area (Å²) in [6, 6.07) is 3.11. The molecule has 1 N–H and O–H groups in total. The van der Waals surface area contributed by atoms with E-state index in [-0.39, 0.29) is 28.1 Å². The molecule has 1 rings (SSSR count). The van der Waals surface area contributed by atoms with Gasteiger partial charge in [0.05, 0.1) is 12.1 Å². The summed E-state index contributed by atoms with van der Waals surface area (Å²) in [6.45, 7) is 5.39. The van der Waals surface area contributed by atoms with Gasteiger partial charge in [0.15, 0.2) is 6.61 Å². The Hall–Kier alpha value is -1.72. The Bertz CT molecular complexity index is 585. The van der Waals surface area contributed by atoms with E-state index >= 15 is 0 Å². The Kier molecular flexibility index (Phi) is 6.52. The third-order valence-electron chi connectivity index (χ3n) is 2.74. The number of hydrogen-bond acceptors (Lipinski definition) is 5. The summed E-state index contributed by atoms with van der Waals surface area (Å²) in [6.07, 6.45) is 0.591. The summed E-state index contributed by atoms with van der Waals surface area (Å²) >= 11 is 12.3. The molecule has 114 valence electrons. The number of esters is 1. The number of ether oxygens (including phenoxy) is 2. The number of methoxy groups -OCH3 is 1. The minimum atomic E-state index is -0.539. The first kappa shape index (κ1) is 17.3. The smallest absolute Gasteiger partial charge is 0.343 e. The van der Waals surface area contributed by atoms with Crippen LogP contribution in [-0.4, -0.2) is 30.6 Å². The Morgan fingerprint density at radius 1 is 1.38 bits per heavy atom. The molecule has 0 aliphatic heterocycles. The number of nitrogens with zero attached hydrogens (tertiary/aromatic N) is 1. The maximum Gasteiger partial charge on any atom is 0.343 e. The first-order valence-electron chi connectivity index (χ1n) is 6.04. The quantitative estimate of drug-likeness (QED) is 0.373. The predicted molar refractivity (Wildman–Crippen MR) is 81.7 cm³/mol. The normalized spacial score (nSPS) is 11.1. The van der Waals surface area contributed by atoms with Crippen LogP contribution in [0.15, 0.2) is 29.4 Å². The summed E-state index contributed by atoms with van der Waals surface area (Å²) in [5, 5.41) is 12.6. The number of carbonyl (C=O) groups excluding carboxylic acids is 1. The van der Waals surface area contributed by atoms with E-state index in [1.54, 1.807) is 6.07 Å². The number of rotatable bonds is 6. The number of halogens is 2. The van der Waals surface area contributed by atoms with Crippen LogP contribution in [0.4, 0.5) is 0 Å². The molecule has 0 fully saturated rings. The topological polar surface area (TPSA) is 68.1 Å². The van der Waals surface area contributed by atoms with Gasteiger partial charge in [0.25, 0.3) is 0 Å². The third-order valence-corrected chi connectivity index (χ3v) is 3.60. The summed E-state index contributed by atoms with van der Waals surface area (Å²) in [7, 11) is 1.25. The highest BCUT2D eigenvalue weighted by Gasteiger charge is 2.17. The molecule has 0 aliphatic carbocycles. The maximum atomic E-state index is 11.0. The fourth-order valence-electron chi connectivity index (χ4n) is 1.50. The molecule has 0 radical (unpaired) electrons. The zero-order chi connectivity index (χ0) is 16.0. The van der Waals surface area contributed by atoms with Crippen molar-refractivity contribution in [3.8, 4) is 5.75 Å². The van der Waals surface area contributed by atoms with Crippen LogP contribution < -0.4 is 4.74 Å². The van der Waals surface area contributed by atoms with Crippen molar-refractivity contribution < 1.29 is 19.5 Å². The van der Waals surface area contributed by atoms with Crippen LogP contribution >= 0.6 is 23.2 Å². The molecule has 0 saturated carbocycles. The molecular formula is C14H15Cl2NO4. The van der Waals surface area contributed by atoms with Crippen molar-refractivity contribution in [2.75, 3.05) is 13.7 Å². The molecule has 0 atom stereocenters. The minimum Gasteiger partial charge on any atom is -0.480 e. The Morgan fingerprint density at radius 2 is 2.05 bits per heavy atom. The first-order chi connectivity index (χ1) is 9.96. The number of hydrogen-bond donors (Lipinski definition) is 1. The molecule has 0 bridgehead atoms. The second kappa shape index (κ2) is 7.90. The molecule has 0 aromatic heterocycles. The van der Waals surface area contributed by atoms with E-state index in [1.807, 2.05) is 6.92 Å². The number of benzene rings is 1. The number of carbonyl (C=O) groups is 1. The highest BCUT2D eigenvalue weighted by molar-refractivity contribution is 6.45. The fourth-order valence-corrected chi connectivity index (χ4v) is 1.97. The van der Waals surface area contributed by atoms with E-state index in [0.29, 0.717) is 17.6 Å². The lowest BCUT2D eigenvalue weighted by atomic mass is 10.0. The van der Waals surface area contributed by atoms with Crippen LogP contribution in [0.2, 0.25) is 10.0 Å². The van der Waals surface area contributed by atoms with E-state index < -0.39 is 5.97 Å². The predicted octanol–water partition coefficient (Wildman–Crippen LogP) is 3.69. The number of oxime groups is 1. The molecule has 0 unspecified atom stereocenters. The van der Waals surface area contributed by atoms with Gasteiger partial charge in [0.2, 0.25) is 0 Å². The van der Waals surface area contributed by atoms with Gasteiger partial charge in [-0.2, -0.15) is 0 Å². The zero-order valence-electron chi connectivity index (χ0n) is 11.7. The molecule has 1 aromatic carbocycles. The van der Waals surface area contributed by atoms with Gasteiger partial charge in [-0.3, -0.25) is 0 Å². The molecule has 7 heteroatoms. The average Bonchev–Trinajstić information content (AvgIpc) is 2.50. The Morgan fingerprint density at radius 3 is 2.57 bits per heavy atom. The molecule has 21 heavy (non-hydrogen) atoms. The largest absolute Gasteiger partial charge is 0.480 e. The van der Waals surface area contributed by atoms with Crippen LogP contribution in [0.3, 0.4) is 0 Å². The lowest BCUT2D eigenvalue weighted by Crippen LogP contribution is -2.13. The molecule has 1 aromatic rings. The molecule has 0 saturated heterocycles. The summed E-state index contributed by atoms with van der Waals surface area (Å²) < 4.78 is 9.67. The van der Waals surface area contributed by atoms with Crippen molar-refractivity contribution >= 4 is 34.9 Å². The van der Waals surface area contributed by atoms with Crippen LogP contribution in [-0.2, 0) is 9.53 Å². The van der Waals surface area contributed by atoms with Crippen molar-refractivity contribution in [3.05, 3.63) is 39.9 Å². The lowest BCUT2D eigenvalue weighted by molar-refractivity contribution is -0.142. The second-order valence-corrected chi connectivity index (χ2v) is 4.77. The van der Waals surface area contributed by atoms with Gasteiger partial charge in [-0.05, 0) is 24.1 Å². The van der Waals surface area contributed by atoms with E-state index in [9.17, 15) is 4.79 Å². The maximum absolute atomic E-state index is 11.0. The van der Waals surface area contributed by atoms with E-state index in [0.717, 1.165) is 0 Å². The standard InChI is InChI=1S/C14H15Cl2NO4/c1-4-8(2)14(17-19)9-5-6-10(13(16)12(9)15)21-7-11(18)20-3/h5-6,19H,2,4,7H2,1,3H3/b17-14+. The Balaban J connectivity index is 3.10. The van der Waals surface area contributed by atoms with Gasteiger partial charge in [-0.1, -0.05) is 41.9 Å². The average molecular weight is 332 g/mol. The fraction of sp³-hybridized carbons (Fsp3) is 0.286. The van der Waals surface area contributed by atoms with Gasteiger partial charge >= 0.3 is 5.97 Å². The summed E-state index contributed by atoms with van der Waals surface area (Å²) in [5.41, 5.74) is 1.30. The second-order valence-electron chi connectivity index (χ2n) is 4.01. The van der Waals surface area contributed by atoms with Crippen LogP contribution in [0.5, 0.6) is 5.75 Å². The third kappa shape index (κ3) is 4.12. The molecule has 0 heterocycles. The van der Waals surface area contributed by atoms with Crippen molar-refractivity contribution in [2.45, 2.75) is 13.3 Å². The lowest BCUT2D eigenvalue weighted by Gasteiger charge is -2.13. The van der Waals surface area contributed by atoms with Gasteiger partial charge in [0, 0.05) is 5.56 Å². The van der Waals surface area contributed by atoms with Crippen molar-refractivity contribution in [2.24, 2.45) is 5.16 Å². The monoisotopic (exact) mass is 331 g/mol. The summed E-state index contributed by atoms with van der Waals surface area (Å²) in [4.78, 5) is 11.0. The molecular weight excluding hydrogens is 317 g/mol.